The van der Waals surface area contributed by atoms with Crippen LogP contribution < -0.4 is 4.98 Å². The Balaban J connectivity index is 0.000000207. The fourth-order valence-corrected chi connectivity index (χ4v) is 7.39. The fraction of sp³-hybridized carbons (Fsp3) is 0.289. The summed E-state index contributed by atoms with van der Waals surface area (Å²) in [4.78, 5) is 9.08. The van der Waals surface area contributed by atoms with E-state index in [1.165, 1.54) is 50.2 Å². The molecule has 265 valence electrons. The van der Waals surface area contributed by atoms with Gasteiger partial charge >= 0.3 is 0 Å². The summed E-state index contributed by atoms with van der Waals surface area (Å²) in [6.45, 7) is 20.5. The number of nitrogens with zero attached hydrogens (tertiary/aromatic N) is 5. The van der Waals surface area contributed by atoms with Gasteiger partial charge in [0.2, 0.25) is 0 Å². The first-order valence-corrected chi connectivity index (χ1v) is 18.1. The second-order valence-corrected chi connectivity index (χ2v) is 14.9. The number of hydrogen-bond donors (Lipinski definition) is 0. The van der Waals surface area contributed by atoms with Crippen molar-refractivity contribution >= 4 is 38.9 Å². The van der Waals surface area contributed by atoms with Crippen LogP contribution in [0.1, 0.15) is 107 Å². The van der Waals surface area contributed by atoms with Crippen molar-refractivity contribution in [1.29, 1.82) is 0 Å². The number of imidazole rings is 3. The molecule has 0 unspecified atom stereocenters. The third-order valence-corrected chi connectivity index (χ3v) is 9.93. The number of rotatable bonds is 6. The minimum Gasteiger partial charge on any atom is -0.366 e. The molecule has 6 heteroatoms. The average molecular weight is 857 g/mol. The average Bonchev–Trinajstić information content (AvgIpc) is 3.77. The van der Waals surface area contributed by atoms with Gasteiger partial charge in [0.25, 0.3) is 0 Å². The molecule has 1 radical (unpaired) electrons. The van der Waals surface area contributed by atoms with Gasteiger partial charge in [-0.1, -0.05) is 122 Å². The fourth-order valence-electron chi connectivity index (χ4n) is 7.39. The van der Waals surface area contributed by atoms with Gasteiger partial charge in [-0.05, 0) is 60.9 Å². The zero-order valence-corrected chi connectivity index (χ0v) is 33.4. The quantitative estimate of drug-likeness (QED) is 0.123. The maximum absolute atomic E-state index is 4.55. The zero-order chi connectivity index (χ0) is 35.3. The molecule has 0 fully saturated rings. The van der Waals surface area contributed by atoms with Gasteiger partial charge in [0.15, 0.2) is 17.4 Å². The number of aromatic nitrogens is 5. The maximum Gasteiger partial charge on any atom is 0.168 e. The van der Waals surface area contributed by atoms with Gasteiger partial charge in [-0.3, -0.25) is 0 Å². The summed E-state index contributed by atoms with van der Waals surface area (Å²) >= 11 is 0. The molecule has 0 aliphatic rings. The van der Waals surface area contributed by atoms with Crippen LogP contribution in [0.4, 0.5) is 0 Å². The van der Waals surface area contributed by atoms with E-state index in [2.05, 4.69) is 171 Å². The topological polar surface area (TPSA) is 41.3 Å². The monoisotopic (exact) mass is 856 g/mol. The summed E-state index contributed by atoms with van der Waals surface area (Å²) in [5.74, 6) is 2.57. The molecule has 0 amide bonds. The van der Waals surface area contributed by atoms with E-state index in [4.69, 9.17) is 0 Å². The van der Waals surface area contributed by atoms with Crippen molar-refractivity contribution in [2.24, 2.45) is 0 Å². The van der Waals surface area contributed by atoms with E-state index in [-0.39, 0.29) is 22.4 Å². The zero-order valence-electron chi connectivity index (χ0n) is 31.2. The van der Waals surface area contributed by atoms with Crippen LogP contribution in [-0.2, 0) is 22.4 Å². The van der Waals surface area contributed by atoms with Crippen molar-refractivity contribution in [3.05, 3.63) is 137 Å². The van der Waals surface area contributed by atoms with Crippen molar-refractivity contribution in [3.63, 3.8) is 0 Å². The van der Waals surface area contributed by atoms with Gasteiger partial charge in [0.1, 0.15) is 11.4 Å². The van der Waals surface area contributed by atoms with E-state index in [0.717, 1.165) is 27.8 Å². The second-order valence-electron chi connectivity index (χ2n) is 14.9. The van der Waals surface area contributed by atoms with E-state index in [0.29, 0.717) is 23.7 Å². The van der Waals surface area contributed by atoms with Gasteiger partial charge in [0.05, 0.1) is 0 Å². The molecule has 0 aliphatic carbocycles. The molecule has 5 nitrogen and oxygen atoms in total. The van der Waals surface area contributed by atoms with Crippen molar-refractivity contribution in [3.8, 4) is 11.4 Å². The molecule has 0 atom stereocenters. The summed E-state index contributed by atoms with van der Waals surface area (Å²) < 4.78 is 7.01. The summed E-state index contributed by atoms with van der Waals surface area (Å²) in [5, 5.41) is 0. The first-order chi connectivity index (χ1) is 24.0. The smallest absolute Gasteiger partial charge is 0.168 e. The first-order valence-electron chi connectivity index (χ1n) is 18.1. The van der Waals surface area contributed by atoms with Crippen LogP contribution in [0.25, 0.3) is 50.3 Å². The van der Waals surface area contributed by atoms with Gasteiger partial charge in [-0.25, -0.2) is 0 Å². The van der Waals surface area contributed by atoms with E-state index < -0.39 is 0 Å². The Morgan fingerprint density at radius 2 is 0.980 bits per heavy atom. The number of para-hydroxylation sites is 6. The Hall–Kier alpha value is -4.42. The Morgan fingerprint density at radius 3 is 1.45 bits per heavy atom. The van der Waals surface area contributed by atoms with Crippen LogP contribution in [0, 0.1) is 6.92 Å². The van der Waals surface area contributed by atoms with Gasteiger partial charge in [-0.15, -0.1) is 0 Å². The Labute approximate surface area is 317 Å². The summed E-state index contributed by atoms with van der Waals surface area (Å²) in [6, 6.07) is 36.9. The Bertz CT molecular complexity index is 2320. The van der Waals surface area contributed by atoms with Crippen LogP contribution in [0.15, 0.2) is 109 Å². The van der Waals surface area contributed by atoms with Gasteiger partial charge in [-0.2, -0.15) is 9.13 Å². The number of fused-ring (bicyclic) bond motifs is 6. The summed E-state index contributed by atoms with van der Waals surface area (Å²) in [6.07, 6.45) is 2.34. The van der Waals surface area contributed by atoms with E-state index in [1.807, 2.05) is 24.3 Å². The number of hydrogen-bond acceptors (Lipinski definition) is 1. The number of benzene rings is 5. The molecular weight excluding hydrogens is 807 g/mol. The largest absolute Gasteiger partial charge is 0.366 e. The first kappa shape index (κ1) is 36.4. The molecule has 8 rings (SSSR count). The van der Waals surface area contributed by atoms with E-state index in [9.17, 15) is 0 Å². The summed E-state index contributed by atoms with van der Waals surface area (Å²) in [7, 11) is 0. The maximum atomic E-state index is 4.55. The molecule has 0 N–H and O–H groups in total. The van der Waals surface area contributed by atoms with Crippen LogP contribution >= 0.6 is 0 Å². The molecule has 0 bridgehead atoms. The predicted octanol–water partition coefficient (Wildman–Crippen LogP) is 12.1. The molecule has 51 heavy (non-hydrogen) atoms. The van der Waals surface area contributed by atoms with E-state index in [1.54, 1.807) is 0 Å². The second kappa shape index (κ2) is 14.7. The standard InChI is InChI=1S/C31H39N2.C14H10N3.Au/c1-20(2)24-13-11-14-25(21(3)4)30(24)32-19-33(29-18-10-9-17-28(29)32)31-26(22(5)6)15-12-16-27(31)23(7)8;1-9-6-7-11-13(8-9)17-12-5-3-2-4-10(12)15-14(17)16-11;/h9-23H,1-8H3;2-8H,1H3;/q+1;-1;. The van der Waals surface area contributed by atoms with E-state index >= 15 is 0 Å². The van der Waals surface area contributed by atoms with Crippen molar-refractivity contribution in [1.82, 2.24) is 23.5 Å². The minimum absolute atomic E-state index is 0. The SMILES string of the molecule is CC(C)c1cccc(C(C)C)c1-n1[cH+]n(-c2c(C(C)C)cccc2C(C)C)c2ccccc21.Cc1ccc2nc3[n-]c4ccccc4n3c2c1.[Au]. The molecule has 0 saturated carbocycles. The molecule has 5 aromatic carbocycles. The van der Waals surface area contributed by atoms with Crippen LogP contribution in [0.3, 0.4) is 0 Å². The molecule has 0 spiro atoms. The minimum atomic E-state index is 0. The third-order valence-electron chi connectivity index (χ3n) is 9.93. The Kier molecular flexibility index (Phi) is 10.5. The van der Waals surface area contributed by atoms with Crippen LogP contribution in [-0.4, -0.2) is 18.5 Å². The van der Waals surface area contributed by atoms with Crippen LogP contribution in [0.5, 0.6) is 0 Å². The molecular formula is C45H49AuN5. The van der Waals surface area contributed by atoms with Crippen LogP contribution in [0.2, 0.25) is 0 Å². The van der Waals surface area contributed by atoms with Crippen molar-refractivity contribution in [2.45, 2.75) is 86.0 Å². The third kappa shape index (κ3) is 6.59. The Morgan fingerprint density at radius 1 is 0.529 bits per heavy atom. The molecule has 3 aromatic heterocycles. The normalized spacial score (nSPS) is 11.8. The molecule has 3 heterocycles. The predicted molar refractivity (Wildman–Crippen MR) is 212 cm³/mol. The van der Waals surface area contributed by atoms with Gasteiger partial charge < -0.3 is 14.4 Å². The molecule has 8 aromatic rings. The van der Waals surface area contributed by atoms with Crippen molar-refractivity contribution in [2.75, 3.05) is 0 Å². The van der Waals surface area contributed by atoms with Gasteiger partial charge in [0, 0.05) is 84.6 Å². The molecule has 0 aliphatic heterocycles. The number of aryl methyl sites for hydroxylation is 1. The summed E-state index contributed by atoms with van der Waals surface area (Å²) in [5.41, 5.74) is 16.3. The molecule has 0 saturated heterocycles. The van der Waals surface area contributed by atoms with Crippen molar-refractivity contribution < 1.29 is 22.4 Å².